The second kappa shape index (κ2) is 52.4. The van der Waals surface area contributed by atoms with Crippen LogP contribution in [0.2, 0.25) is 0 Å². The summed E-state index contributed by atoms with van der Waals surface area (Å²) in [5.41, 5.74) is 4.45. The Bertz CT molecular complexity index is 1160. The number of nitrogens with one attached hydrogen (secondary N) is 3. The van der Waals surface area contributed by atoms with E-state index in [1.165, 1.54) is 14.8 Å². The van der Waals surface area contributed by atoms with E-state index < -0.39 is 24.6 Å². The van der Waals surface area contributed by atoms with E-state index in [0.29, 0.717) is 45.3 Å². The Kier molecular flexibility index (Phi) is 58.3. The van der Waals surface area contributed by atoms with E-state index in [-0.39, 0.29) is 104 Å². The molecule has 0 aromatic carbocycles. The Hall–Kier alpha value is -1.42. The molecular formula is C48H106N5NiO12P. The molecule has 0 fully saturated rings. The molecule has 0 aliphatic heterocycles. The first kappa shape index (κ1) is 74.5. The summed E-state index contributed by atoms with van der Waals surface area (Å²) in [5.74, 6) is -1.52. The van der Waals surface area contributed by atoms with E-state index in [9.17, 15) is 14.4 Å². The van der Waals surface area contributed by atoms with Gasteiger partial charge in [-0.3, -0.25) is 14.4 Å². The fourth-order valence-corrected chi connectivity index (χ4v) is 4.42. The maximum Gasteiger partial charge on any atom is 2.00 e. The summed E-state index contributed by atoms with van der Waals surface area (Å²) < 4.78 is 52.1. The van der Waals surface area contributed by atoms with Crippen molar-refractivity contribution in [2.75, 3.05) is 52.9 Å². The van der Waals surface area contributed by atoms with Crippen LogP contribution in [-0.2, 0) is 54.1 Å². The monoisotopic (exact) mass is 1040 g/mol. The predicted octanol–water partition coefficient (Wildman–Crippen LogP) is 7.33. The molecule has 0 saturated heterocycles. The minimum atomic E-state index is -1.18. The SMILES string of the molecule is CC(C)(C)NC(COC(C)(C)C)COC(C)(C)C.N[C@@H](CO)C(=O)O.[2H]OC[C@@H](COC(=O)CCC(=O)CC)NC(C)(C)C.[2H]OC[C@@H](COPOCCC#N)NC(C)C.[3H]C.[3H]C.[CH2-]CC.[CH2-]CC.[Ni+2]. The molecule has 0 aromatic heterocycles. The summed E-state index contributed by atoms with van der Waals surface area (Å²) in [6.45, 7) is 43.9. The van der Waals surface area contributed by atoms with Gasteiger partial charge in [-0.2, -0.15) is 18.1 Å². The van der Waals surface area contributed by atoms with Crippen LogP contribution in [0.5, 0.6) is 0 Å². The predicted molar refractivity (Wildman–Crippen MR) is 274 cm³/mol. The molecule has 0 aliphatic rings. The van der Waals surface area contributed by atoms with Crippen molar-refractivity contribution in [3.63, 3.8) is 0 Å². The van der Waals surface area contributed by atoms with Crippen LogP contribution in [0.15, 0.2) is 0 Å². The molecule has 0 spiro atoms. The molecule has 0 aromatic rings. The standard InChI is InChI=1S/C15H33NO2.C13H25NO4.C9H19N2O3P.C3H7NO3.2C3H7.2CH4.Ni/c1-13(2,3)16-12(10-17-14(4,5)6)11-18-15(7,8)9;1-5-11(16)6-7-12(17)18-9-10(8-15)14-13(2,3)4;1-8(2)11-9(6-12)7-14-15-13-5-3-4-10;4-2(1-5)3(6)7;2*1-3-2;;;/h12,16H,10-11H2,1-9H3;10,14-15H,5-9H2,1-4H3;8-9,11-12,15H,3,5-7H2,1-2H3;2,5H,1,4H2,(H,6,7);2*1,3H2,2H3;2*1H4;/q;;;;2*-1;;;+2/t;10-;9-;2-;;;;;/m.000...../s1/i;15D;12D;;;;2*1T;. The maximum absolute atomic E-state index is 11.4. The number of carbonyl (C=O) groups is 3. The van der Waals surface area contributed by atoms with Gasteiger partial charge >= 0.3 is 28.4 Å². The number of aliphatic hydroxyl groups is 3. The third-order valence-electron chi connectivity index (χ3n) is 6.36. The second-order valence-corrected chi connectivity index (χ2v) is 19.5. The van der Waals surface area contributed by atoms with Crippen molar-refractivity contribution in [2.45, 2.75) is 224 Å². The van der Waals surface area contributed by atoms with Crippen LogP contribution in [0, 0.1) is 25.2 Å². The smallest absolute Gasteiger partial charge is 0.480 e. The number of aliphatic carboxylic acids is 1. The number of hydrogen-bond acceptors (Lipinski definition) is 16. The van der Waals surface area contributed by atoms with Gasteiger partial charge in [-0.15, -0.1) is 0 Å². The number of Topliss-reactive ketones (excluding diaryl/α,β-unsaturated/α-hetero) is 1. The largest absolute Gasteiger partial charge is 2.00 e. The number of aliphatic hydroxyl groups excluding tert-OH is 3. The zero-order valence-electron chi connectivity index (χ0n) is 49.5. The molecule has 0 bridgehead atoms. The summed E-state index contributed by atoms with van der Waals surface area (Å²) in [6, 6.07) is 1.14. The average Bonchev–Trinajstić information content (AvgIpc) is 3.25. The number of hydrogen-bond donors (Lipinski definition) is 8. The van der Waals surface area contributed by atoms with E-state index in [2.05, 4.69) is 102 Å². The van der Waals surface area contributed by atoms with Gasteiger partial charge < -0.3 is 79.2 Å². The van der Waals surface area contributed by atoms with Crippen LogP contribution in [0.3, 0.4) is 0 Å². The molecule has 9 N–H and O–H groups in total. The molecule has 0 amide bonds. The van der Waals surface area contributed by atoms with Crippen molar-refractivity contribution < 1.29 is 77.3 Å². The van der Waals surface area contributed by atoms with Crippen molar-refractivity contribution >= 4 is 26.8 Å². The number of carboxylic acids is 1. The van der Waals surface area contributed by atoms with Gasteiger partial charge in [0.25, 0.3) is 0 Å². The molecule has 67 heavy (non-hydrogen) atoms. The third-order valence-corrected chi connectivity index (χ3v) is 6.97. The van der Waals surface area contributed by atoms with Crippen LogP contribution in [-0.4, -0.2) is 146 Å². The Balaban J connectivity index is -0.0000000993. The first-order chi connectivity index (χ1) is 32.3. The summed E-state index contributed by atoms with van der Waals surface area (Å²) in [6.07, 6.45) is 3.15. The number of carbonyl (C=O) groups excluding carboxylic acids is 2. The van der Waals surface area contributed by atoms with Gasteiger partial charge in [0, 0.05) is 32.7 Å². The summed E-state index contributed by atoms with van der Waals surface area (Å²) >= 11 is 0. The minimum absolute atomic E-state index is 0. The zero-order chi connectivity index (χ0) is 57.0. The van der Waals surface area contributed by atoms with Gasteiger partial charge in [-0.1, -0.05) is 49.4 Å². The fraction of sp³-hybridized carbons (Fsp3) is 0.875. The second-order valence-electron chi connectivity index (χ2n) is 18.7. The number of nitrogens with two attached hydrogens (primary N) is 1. The summed E-state index contributed by atoms with van der Waals surface area (Å²) in [4.78, 5) is 32.2. The third kappa shape index (κ3) is 84.9. The van der Waals surface area contributed by atoms with E-state index in [0.717, 1.165) is 12.8 Å². The molecule has 0 radical (unpaired) electrons. The van der Waals surface area contributed by atoms with Crippen LogP contribution in [0.4, 0.5) is 0 Å². The topological polar surface area (TPSA) is 264 Å². The van der Waals surface area contributed by atoms with Crippen LogP contribution in [0.25, 0.3) is 0 Å². The van der Waals surface area contributed by atoms with Crippen molar-refractivity contribution in [3.8, 4) is 6.07 Å². The number of carboxylic acid groups (broad SMARTS) is 1. The van der Waals surface area contributed by atoms with Crippen molar-refractivity contribution in [1.29, 1.82) is 8.12 Å². The van der Waals surface area contributed by atoms with Crippen molar-refractivity contribution in [2.24, 2.45) is 5.73 Å². The van der Waals surface area contributed by atoms with E-state index in [4.69, 9.17) is 50.1 Å². The summed E-state index contributed by atoms with van der Waals surface area (Å²) in [5, 5.41) is 42.8. The molecule has 0 saturated carbocycles. The van der Waals surface area contributed by atoms with Crippen LogP contribution < -0.4 is 21.7 Å². The number of esters is 1. The van der Waals surface area contributed by atoms with Gasteiger partial charge in [0.05, 0.1) is 94.5 Å². The van der Waals surface area contributed by atoms with E-state index >= 15 is 0 Å². The Morgan fingerprint density at radius 1 is 0.776 bits per heavy atom. The van der Waals surface area contributed by atoms with Crippen LogP contribution in [0.1, 0.15) is 174 Å². The quantitative estimate of drug-likeness (QED) is 0.0139. The van der Waals surface area contributed by atoms with Gasteiger partial charge in [-0.05, 0) is 83.1 Å². The molecule has 4 atom stereocenters. The normalized spacial score (nSPS) is 13.0. The molecule has 0 rings (SSSR count). The minimum Gasteiger partial charge on any atom is -0.480 e. The first-order valence-corrected chi connectivity index (χ1v) is 23.1. The fourth-order valence-electron chi connectivity index (χ4n) is 3.88. The molecule has 17 nitrogen and oxygen atoms in total. The van der Waals surface area contributed by atoms with Gasteiger partial charge in [0.15, 0.2) is 9.03 Å². The van der Waals surface area contributed by atoms with E-state index in [1.54, 1.807) is 6.92 Å². The molecular weight excluding hydrogens is 928 g/mol. The Morgan fingerprint density at radius 2 is 1.21 bits per heavy atom. The molecule has 0 aliphatic carbocycles. The average molecular weight is 1040 g/mol. The number of ketones is 1. The van der Waals surface area contributed by atoms with Gasteiger partial charge in [0.1, 0.15) is 18.4 Å². The number of nitrogens with zero attached hydrogens (tertiary/aromatic N) is 1. The zero-order valence-corrected chi connectivity index (χ0v) is 47.5. The van der Waals surface area contributed by atoms with Crippen LogP contribution >= 0.6 is 9.03 Å². The Morgan fingerprint density at radius 3 is 1.54 bits per heavy atom. The number of rotatable bonds is 26. The molecule has 19 heteroatoms. The van der Waals surface area contributed by atoms with Gasteiger partial charge in [-0.25, -0.2) is 0 Å². The molecule has 410 valence electrons. The molecule has 1 unspecified atom stereocenters. The summed E-state index contributed by atoms with van der Waals surface area (Å²) in [7, 11) is 2.43. The number of nitriles is 1. The van der Waals surface area contributed by atoms with Gasteiger partial charge in [0.2, 0.25) is 2.86 Å². The number of ether oxygens (including phenoxy) is 3. The van der Waals surface area contributed by atoms with Crippen molar-refractivity contribution in [1.82, 2.24) is 16.0 Å². The van der Waals surface area contributed by atoms with Crippen molar-refractivity contribution in [3.05, 3.63) is 13.8 Å². The van der Waals surface area contributed by atoms with E-state index in [1.807, 2.05) is 54.5 Å². The maximum atomic E-state index is 11.4. The molecule has 0 heterocycles. The Labute approximate surface area is 428 Å². The first-order valence-electron chi connectivity index (χ1n) is 25.1.